The van der Waals surface area contributed by atoms with Gasteiger partial charge < -0.3 is 5.32 Å². The van der Waals surface area contributed by atoms with Gasteiger partial charge in [0.2, 0.25) is 0 Å². The number of nitrogens with one attached hydrogen (secondary N) is 1. The van der Waals surface area contributed by atoms with Gasteiger partial charge in [-0.2, -0.15) is 0 Å². The number of nitrogens with zero attached hydrogens (tertiary/aromatic N) is 1. The normalized spacial score (nSPS) is 10.4. The van der Waals surface area contributed by atoms with Crippen molar-refractivity contribution in [1.82, 2.24) is 4.98 Å². The molecule has 0 aliphatic carbocycles. The van der Waals surface area contributed by atoms with E-state index in [9.17, 15) is 0 Å². The van der Waals surface area contributed by atoms with Gasteiger partial charge in [-0.05, 0) is 65.0 Å². The first-order valence-electron chi connectivity index (χ1n) is 5.98. The lowest BCUT2D eigenvalue weighted by molar-refractivity contribution is 1.11. The molecular formula is C15H17BrN2. The number of anilines is 1. The summed E-state index contributed by atoms with van der Waals surface area (Å²) in [7, 11) is 0. The largest absolute Gasteiger partial charge is 0.380 e. The summed E-state index contributed by atoms with van der Waals surface area (Å²) < 4.78 is 0.902. The molecule has 0 aliphatic rings. The smallest absolute Gasteiger partial charge is 0.109 e. The standard InChI is InChI=1S/C15H17BrN2/c1-10-4-5-13(6-11(10)2)8-17-14-7-12(3)15(16)18-9-14/h4-7,9,17H,8H2,1-3H3. The van der Waals surface area contributed by atoms with Crippen molar-refractivity contribution in [3.05, 3.63) is 57.3 Å². The van der Waals surface area contributed by atoms with E-state index in [0.29, 0.717) is 0 Å². The molecule has 0 radical (unpaired) electrons. The predicted octanol–water partition coefficient (Wildman–Crippen LogP) is 4.38. The maximum Gasteiger partial charge on any atom is 0.109 e. The molecule has 1 N–H and O–H groups in total. The summed E-state index contributed by atoms with van der Waals surface area (Å²) in [5, 5.41) is 3.39. The molecule has 0 bridgehead atoms. The van der Waals surface area contributed by atoms with E-state index < -0.39 is 0 Å². The molecule has 0 aliphatic heterocycles. The van der Waals surface area contributed by atoms with E-state index in [-0.39, 0.29) is 0 Å². The first-order valence-corrected chi connectivity index (χ1v) is 6.77. The number of halogens is 1. The summed E-state index contributed by atoms with van der Waals surface area (Å²) in [6.07, 6.45) is 1.85. The van der Waals surface area contributed by atoms with Gasteiger partial charge in [0.05, 0.1) is 11.9 Å². The van der Waals surface area contributed by atoms with Crippen LogP contribution in [0.15, 0.2) is 35.1 Å². The van der Waals surface area contributed by atoms with Gasteiger partial charge in [-0.3, -0.25) is 0 Å². The second-order valence-corrected chi connectivity index (χ2v) is 5.36. The summed E-state index contributed by atoms with van der Waals surface area (Å²) in [5.74, 6) is 0. The number of hydrogen-bond donors (Lipinski definition) is 1. The molecule has 0 amide bonds. The van der Waals surface area contributed by atoms with Crippen molar-refractivity contribution >= 4 is 21.6 Å². The van der Waals surface area contributed by atoms with E-state index >= 15 is 0 Å². The molecule has 1 aromatic heterocycles. The Morgan fingerprint density at radius 1 is 1.06 bits per heavy atom. The predicted molar refractivity (Wildman–Crippen MR) is 79.9 cm³/mol. The van der Waals surface area contributed by atoms with Crippen molar-refractivity contribution in [3.63, 3.8) is 0 Å². The summed E-state index contributed by atoms with van der Waals surface area (Å²) in [4.78, 5) is 4.28. The van der Waals surface area contributed by atoms with Gasteiger partial charge in [-0.15, -0.1) is 0 Å². The Morgan fingerprint density at radius 3 is 2.50 bits per heavy atom. The molecule has 0 saturated carbocycles. The molecule has 0 unspecified atom stereocenters. The highest BCUT2D eigenvalue weighted by Crippen LogP contribution is 2.18. The fourth-order valence-electron chi connectivity index (χ4n) is 1.77. The molecule has 0 saturated heterocycles. The van der Waals surface area contributed by atoms with Gasteiger partial charge in [-0.25, -0.2) is 4.98 Å². The second kappa shape index (κ2) is 5.53. The number of aryl methyl sites for hydroxylation is 3. The molecule has 1 heterocycles. The number of aromatic nitrogens is 1. The Balaban J connectivity index is 2.06. The van der Waals surface area contributed by atoms with Gasteiger partial charge in [0.1, 0.15) is 4.60 Å². The van der Waals surface area contributed by atoms with Crippen molar-refractivity contribution in [2.24, 2.45) is 0 Å². The van der Waals surface area contributed by atoms with Crippen molar-refractivity contribution in [1.29, 1.82) is 0 Å². The monoisotopic (exact) mass is 304 g/mol. The van der Waals surface area contributed by atoms with Crippen LogP contribution >= 0.6 is 15.9 Å². The van der Waals surface area contributed by atoms with Crippen LogP contribution < -0.4 is 5.32 Å². The summed E-state index contributed by atoms with van der Waals surface area (Å²) in [6.45, 7) is 7.14. The Labute approximate surface area is 117 Å². The molecule has 0 fully saturated rings. The minimum absolute atomic E-state index is 0.823. The topological polar surface area (TPSA) is 24.9 Å². The number of rotatable bonds is 3. The van der Waals surface area contributed by atoms with Crippen molar-refractivity contribution in [2.75, 3.05) is 5.32 Å². The van der Waals surface area contributed by atoms with Crippen LogP contribution in [0.25, 0.3) is 0 Å². The molecule has 3 heteroatoms. The van der Waals surface area contributed by atoms with Crippen LogP contribution in [0, 0.1) is 20.8 Å². The van der Waals surface area contributed by atoms with Crippen LogP contribution in [-0.4, -0.2) is 4.98 Å². The first kappa shape index (κ1) is 13.1. The van der Waals surface area contributed by atoms with Crippen molar-refractivity contribution in [3.8, 4) is 0 Å². The number of pyridine rings is 1. The van der Waals surface area contributed by atoms with E-state index in [2.05, 4.69) is 64.3 Å². The second-order valence-electron chi connectivity index (χ2n) is 4.60. The van der Waals surface area contributed by atoms with Crippen molar-refractivity contribution < 1.29 is 0 Å². The minimum Gasteiger partial charge on any atom is -0.380 e. The molecule has 1 aromatic carbocycles. The van der Waals surface area contributed by atoms with Crippen molar-refractivity contribution in [2.45, 2.75) is 27.3 Å². The third-order valence-corrected chi connectivity index (χ3v) is 3.91. The highest BCUT2D eigenvalue weighted by atomic mass is 79.9. The Morgan fingerprint density at radius 2 is 1.83 bits per heavy atom. The van der Waals surface area contributed by atoms with Crippen LogP contribution in [0.4, 0.5) is 5.69 Å². The van der Waals surface area contributed by atoms with E-state index in [1.54, 1.807) is 0 Å². The van der Waals surface area contributed by atoms with Gasteiger partial charge in [0, 0.05) is 6.54 Å². The highest BCUT2D eigenvalue weighted by Gasteiger charge is 2.00. The van der Waals surface area contributed by atoms with Crippen LogP contribution in [0.3, 0.4) is 0 Å². The summed E-state index contributed by atoms with van der Waals surface area (Å²) in [6, 6.07) is 8.64. The van der Waals surface area contributed by atoms with E-state index in [0.717, 1.165) is 22.4 Å². The zero-order valence-corrected chi connectivity index (χ0v) is 12.5. The fourth-order valence-corrected chi connectivity index (χ4v) is 1.99. The van der Waals surface area contributed by atoms with Gasteiger partial charge >= 0.3 is 0 Å². The first-order chi connectivity index (χ1) is 8.56. The minimum atomic E-state index is 0.823. The number of hydrogen-bond acceptors (Lipinski definition) is 2. The van der Waals surface area contributed by atoms with Crippen LogP contribution in [0.2, 0.25) is 0 Å². The molecule has 2 aromatic rings. The summed E-state index contributed by atoms with van der Waals surface area (Å²) in [5.41, 5.74) is 6.15. The zero-order chi connectivity index (χ0) is 13.1. The third-order valence-electron chi connectivity index (χ3n) is 3.08. The molecule has 0 spiro atoms. The molecule has 2 nitrogen and oxygen atoms in total. The molecule has 2 rings (SSSR count). The van der Waals surface area contributed by atoms with E-state index in [4.69, 9.17) is 0 Å². The lowest BCUT2D eigenvalue weighted by Crippen LogP contribution is -2.01. The van der Waals surface area contributed by atoms with Gasteiger partial charge in [0.25, 0.3) is 0 Å². The quantitative estimate of drug-likeness (QED) is 0.851. The average Bonchev–Trinajstić information content (AvgIpc) is 2.35. The Kier molecular flexibility index (Phi) is 4.02. The molecule has 0 atom stereocenters. The SMILES string of the molecule is Cc1ccc(CNc2cnc(Br)c(C)c2)cc1C. The molecule has 18 heavy (non-hydrogen) atoms. The lowest BCUT2D eigenvalue weighted by Gasteiger charge is -2.09. The molecular weight excluding hydrogens is 288 g/mol. The third kappa shape index (κ3) is 3.10. The molecule has 94 valence electrons. The lowest BCUT2D eigenvalue weighted by atomic mass is 10.1. The zero-order valence-electron chi connectivity index (χ0n) is 10.9. The number of benzene rings is 1. The highest BCUT2D eigenvalue weighted by molar-refractivity contribution is 9.10. The van der Waals surface area contributed by atoms with Crippen LogP contribution in [-0.2, 0) is 6.54 Å². The average molecular weight is 305 g/mol. The summed E-state index contributed by atoms with van der Waals surface area (Å²) >= 11 is 3.40. The van der Waals surface area contributed by atoms with Gasteiger partial charge in [0.15, 0.2) is 0 Å². The Bertz CT molecular complexity index is 513. The van der Waals surface area contributed by atoms with E-state index in [1.807, 2.05) is 13.1 Å². The fraction of sp³-hybridized carbons (Fsp3) is 0.267. The van der Waals surface area contributed by atoms with Gasteiger partial charge in [-0.1, -0.05) is 18.2 Å². The van der Waals surface area contributed by atoms with Crippen LogP contribution in [0.5, 0.6) is 0 Å². The maximum atomic E-state index is 4.28. The maximum absolute atomic E-state index is 4.28. The Hall–Kier alpha value is -1.35. The van der Waals surface area contributed by atoms with E-state index in [1.165, 1.54) is 16.7 Å². The van der Waals surface area contributed by atoms with Crippen LogP contribution in [0.1, 0.15) is 22.3 Å².